The van der Waals surface area contributed by atoms with E-state index in [2.05, 4.69) is 67.8 Å². The maximum atomic E-state index is 13.4. The van der Waals surface area contributed by atoms with Crippen LogP contribution in [-0.4, -0.2) is 140 Å². The Kier molecular flexibility index (Phi) is 54.4. The second kappa shape index (κ2) is 58.5. The minimum Gasteiger partial charge on any atom is -0.394 e. The predicted molar refractivity (Wildman–Crippen MR) is 360 cm³/mol. The summed E-state index contributed by atoms with van der Waals surface area (Å²) < 4.78 is 22.9. The summed E-state index contributed by atoms with van der Waals surface area (Å²) in [6, 6.07) is -0.918. The maximum absolute atomic E-state index is 13.4. The van der Waals surface area contributed by atoms with Gasteiger partial charge in [-0.2, -0.15) is 0 Å². The zero-order chi connectivity index (χ0) is 63.8. The van der Waals surface area contributed by atoms with Crippen molar-refractivity contribution in [3.05, 3.63) is 60.8 Å². The number of hydrogen-bond acceptors (Lipinski definition) is 13. The third-order valence-electron chi connectivity index (χ3n) is 17.7. The molecule has 0 aromatic heterocycles. The van der Waals surface area contributed by atoms with E-state index in [0.29, 0.717) is 6.42 Å². The molecule has 0 aromatic rings. The monoisotopic (exact) mass is 1250 g/mol. The molecular weight excluding hydrogens is 1110 g/mol. The summed E-state index contributed by atoms with van der Waals surface area (Å²) in [7, 11) is 0. The van der Waals surface area contributed by atoms with E-state index in [1.807, 2.05) is 6.08 Å². The molecule has 514 valence electrons. The molecule has 0 saturated carbocycles. The van der Waals surface area contributed by atoms with Gasteiger partial charge in [0.1, 0.15) is 48.8 Å². The topological polar surface area (TPSA) is 228 Å². The van der Waals surface area contributed by atoms with Crippen molar-refractivity contribution < 1.29 is 64.6 Å². The first-order valence-corrected chi connectivity index (χ1v) is 36.5. The lowest BCUT2D eigenvalue weighted by atomic mass is 9.97. The van der Waals surface area contributed by atoms with Crippen molar-refractivity contribution in [3.63, 3.8) is 0 Å². The van der Waals surface area contributed by atoms with Gasteiger partial charge in [0, 0.05) is 6.42 Å². The molecule has 0 radical (unpaired) electrons. The van der Waals surface area contributed by atoms with Crippen LogP contribution in [0.5, 0.6) is 0 Å². The Morgan fingerprint density at radius 3 is 1.20 bits per heavy atom. The summed E-state index contributed by atoms with van der Waals surface area (Å²) in [5.74, 6) is -0.238. The lowest BCUT2D eigenvalue weighted by molar-refractivity contribution is -0.359. The number of carbonyl (C=O) groups excluding carboxylic acids is 1. The molecule has 0 spiro atoms. The second-order valence-electron chi connectivity index (χ2n) is 25.7. The molecule has 88 heavy (non-hydrogen) atoms. The van der Waals surface area contributed by atoms with E-state index in [1.54, 1.807) is 6.08 Å². The van der Waals surface area contributed by atoms with E-state index in [1.165, 1.54) is 218 Å². The zero-order valence-electron chi connectivity index (χ0n) is 56.0. The van der Waals surface area contributed by atoms with Gasteiger partial charge in [0.2, 0.25) is 5.91 Å². The highest BCUT2D eigenvalue weighted by atomic mass is 16.7. The summed E-state index contributed by atoms with van der Waals surface area (Å²) in [5, 5.41) is 87.5. The molecule has 14 nitrogen and oxygen atoms in total. The quantitative estimate of drug-likeness (QED) is 0.0204. The van der Waals surface area contributed by atoms with Gasteiger partial charge in [-0.1, -0.05) is 306 Å². The number of carbonyl (C=O) groups is 1. The predicted octanol–water partition coefficient (Wildman–Crippen LogP) is 15.2. The molecule has 2 aliphatic rings. The van der Waals surface area contributed by atoms with Crippen LogP contribution in [0.4, 0.5) is 0 Å². The molecule has 2 aliphatic heterocycles. The smallest absolute Gasteiger partial charge is 0.220 e. The third kappa shape index (κ3) is 42.0. The Morgan fingerprint density at radius 2 is 0.784 bits per heavy atom. The van der Waals surface area contributed by atoms with E-state index in [9.17, 15) is 45.6 Å². The molecule has 0 bridgehead atoms. The fourth-order valence-electron chi connectivity index (χ4n) is 11.9. The summed E-state index contributed by atoms with van der Waals surface area (Å²) in [6.45, 7) is 2.73. The Morgan fingerprint density at radius 1 is 0.420 bits per heavy atom. The van der Waals surface area contributed by atoms with Crippen molar-refractivity contribution >= 4 is 5.91 Å². The molecule has 12 atom stereocenters. The Hall–Kier alpha value is -2.31. The second-order valence-corrected chi connectivity index (χ2v) is 25.7. The first kappa shape index (κ1) is 81.8. The van der Waals surface area contributed by atoms with E-state index >= 15 is 0 Å². The van der Waals surface area contributed by atoms with Gasteiger partial charge in [-0.25, -0.2) is 0 Å². The van der Waals surface area contributed by atoms with Crippen LogP contribution >= 0.6 is 0 Å². The Labute approximate surface area is 536 Å². The minimum atomic E-state index is -1.79. The van der Waals surface area contributed by atoms with E-state index < -0.39 is 86.8 Å². The first-order chi connectivity index (χ1) is 43.1. The van der Waals surface area contributed by atoms with Crippen molar-refractivity contribution in [2.24, 2.45) is 0 Å². The fraction of sp³-hybridized carbons (Fsp3) is 0.851. The number of unbranched alkanes of at least 4 members (excludes halogenated alkanes) is 39. The Balaban J connectivity index is 1.67. The molecule has 0 aromatic carbocycles. The van der Waals surface area contributed by atoms with Gasteiger partial charge in [-0.15, -0.1) is 0 Å². The molecule has 2 heterocycles. The average Bonchev–Trinajstić information content (AvgIpc) is 1.93. The SMILES string of the molecule is CC/C=C\C/C=C\C/C=C\C/C=C\CCCCCCCCCCCCCCCCC(=O)NC(COC1OC(CO)C(OC2OC(CO)C(O)C(O)C2O)C(O)C1O)C(O)/C=C/CCCCCCCCCCCCCCCCCCCCCCCCCCC. The highest BCUT2D eigenvalue weighted by molar-refractivity contribution is 5.76. The number of allylic oxidation sites excluding steroid dienone is 9. The maximum Gasteiger partial charge on any atom is 0.220 e. The largest absolute Gasteiger partial charge is 0.394 e. The number of hydrogen-bond donors (Lipinski definition) is 9. The molecule has 9 N–H and O–H groups in total. The number of rotatable bonds is 60. The highest BCUT2D eigenvalue weighted by Crippen LogP contribution is 2.30. The van der Waals surface area contributed by atoms with Gasteiger partial charge >= 0.3 is 0 Å². The molecule has 0 aliphatic carbocycles. The standard InChI is InChI=1S/C74H135NO13/c1-3-5-7-9-11-13-15-17-19-21-23-25-27-29-31-33-35-37-39-41-43-45-47-49-51-53-55-57-63(78)62(61-85-73-71(84)69(82)72(65(60-77)87-73)88-74-70(83)68(81)67(80)64(59-76)86-74)75-66(79)58-56-54-52-50-48-46-44-42-40-38-36-34-32-30-28-26-24-22-20-18-16-14-12-10-8-6-4-2/h6,8,12,14,18,20,24,26,55,57,62-65,67-74,76-78,80-84H,3-5,7,9-11,13,15-17,19,21-23,25,27-54,56,58-61H2,1-2H3,(H,75,79)/b8-6-,14-12-,20-18-,26-24-,57-55+. The number of aliphatic hydroxyl groups is 8. The normalized spacial score (nSPS) is 23.5. The van der Waals surface area contributed by atoms with Crippen LogP contribution in [0, 0.1) is 0 Å². The van der Waals surface area contributed by atoms with Crippen LogP contribution in [-0.2, 0) is 23.7 Å². The van der Waals surface area contributed by atoms with Crippen LogP contribution in [0.3, 0.4) is 0 Å². The van der Waals surface area contributed by atoms with Crippen LogP contribution < -0.4 is 5.32 Å². The molecule has 2 saturated heterocycles. The van der Waals surface area contributed by atoms with E-state index in [4.69, 9.17) is 18.9 Å². The van der Waals surface area contributed by atoms with E-state index in [0.717, 1.165) is 64.2 Å². The van der Waals surface area contributed by atoms with Crippen molar-refractivity contribution in [3.8, 4) is 0 Å². The van der Waals surface area contributed by atoms with E-state index in [-0.39, 0.29) is 18.9 Å². The molecule has 12 unspecified atom stereocenters. The molecular formula is C74H135NO13. The summed E-state index contributed by atoms with van der Waals surface area (Å²) in [4.78, 5) is 13.4. The fourth-order valence-corrected chi connectivity index (χ4v) is 11.9. The van der Waals surface area contributed by atoms with Gasteiger partial charge in [0.05, 0.1) is 32.0 Å². The van der Waals surface area contributed by atoms with Crippen molar-refractivity contribution in [2.45, 2.75) is 383 Å². The van der Waals surface area contributed by atoms with Crippen LogP contribution in [0.15, 0.2) is 60.8 Å². The zero-order valence-corrected chi connectivity index (χ0v) is 56.0. The van der Waals surface area contributed by atoms with Gasteiger partial charge in [0.15, 0.2) is 12.6 Å². The Bertz CT molecular complexity index is 1710. The van der Waals surface area contributed by atoms with Crippen LogP contribution in [0.2, 0.25) is 0 Å². The van der Waals surface area contributed by atoms with Crippen molar-refractivity contribution in [1.82, 2.24) is 5.32 Å². The third-order valence-corrected chi connectivity index (χ3v) is 17.7. The molecule has 14 heteroatoms. The van der Waals surface area contributed by atoms with Crippen molar-refractivity contribution in [1.29, 1.82) is 0 Å². The van der Waals surface area contributed by atoms with Gasteiger partial charge in [-0.3, -0.25) is 4.79 Å². The molecule has 2 fully saturated rings. The molecule has 2 rings (SSSR count). The minimum absolute atomic E-state index is 0.238. The van der Waals surface area contributed by atoms with Gasteiger partial charge in [0.25, 0.3) is 0 Å². The van der Waals surface area contributed by atoms with Gasteiger partial charge in [-0.05, 0) is 57.8 Å². The number of ether oxygens (including phenoxy) is 4. The first-order valence-electron chi connectivity index (χ1n) is 36.5. The van der Waals surface area contributed by atoms with Gasteiger partial charge < -0.3 is 65.1 Å². The summed E-state index contributed by atoms with van der Waals surface area (Å²) in [5.41, 5.74) is 0. The summed E-state index contributed by atoms with van der Waals surface area (Å²) in [6.07, 6.45) is 61.3. The lowest BCUT2D eigenvalue weighted by Gasteiger charge is -2.46. The number of nitrogens with one attached hydrogen (secondary N) is 1. The van der Waals surface area contributed by atoms with Crippen LogP contribution in [0.1, 0.15) is 309 Å². The van der Waals surface area contributed by atoms with Crippen LogP contribution in [0.25, 0.3) is 0 Å². The highest BCUT2D eigenvalue weighted by Gasteiger charge is 2.51. The average molecular weight is 1250 g/mol. The molecule has 1 amide bonds. The lowest BCUT2D eigenvalue weighted by Crippen LogP contribution is -2.65. The number of aliphatic hydroxyl groups excluding tert-OH is 8. The number of amides is 1. The summed E-state index contributed by atoms with van der Waals surface area (Å²) >= 11 is 0. The van der Waals surface area contributed by atoms with Crippen molar-refractivity contribution in [2.75, 3.05) is 19.8 Å².